The van der Waals surface area contributed by atoms with Crippen LogP contribution in [-0.2, 0) is 9.53 Å². The van der Waals surface area contributed by atoms with Gasteiger partial charge in [0.2, 0.25) is 5.91 Å². The number of carbonyl (C=O) groups is 1. The predicted octanol–water partition coefficient (Wildman–Crippen LogP) is 2.28. The second-order valence-electron chi connectivity index (χ2n) is 5.94. The quantitative estimate of drug-likeness (QED) is 0.822. The Morgan fingerprint density at radius 1 is 1.20 bits per heavy atom. The molecule has 3 rings (SSSR count). The van der Waals surface area contributed by atoms with Crippen molar-refractivity contribution in [2.45, 2.75) is 6.04 Å². The summed E-state index contributed by atoms with van der Waals surface area (Å²) in [6.07, 6.45) is 6.77. The maximum Gasteiger partial charge on any atom is 0.244 e. The van der Waals surface area contributed by atoms with E-state index in [0.717, 1.165) is 31.9 Å². The summed E-state index contributed by atoms with van der Waals surface area (Å²) in [5, 5.41) is 3.02. The zero-order valence-electron chi connectivity index (χ0n) is 14.2. The number of carbonyl (C=O) groups excluding carboxylic acids is 1. The highest BCUT2D eigenvalue weighted by atomic mass is 16.5. The summed E-state index contributed by atoms with van der Waals surface area (Å²) in [5.41, 5.74) is 2.12. The summed E-state index contributed by atoms with van der Waals surface area (Å²) < 4.78 is 5.45. The van der Waals surface area contributed by atoms with Gasteiger partial charge in [-0.25, -0.2) is 0 Å². The van der Waals surface area contributed by atoms with Crippen LogP contribution in [0.1, 0.15) is 17.2 Å². The lowest BCUT2D eigenvalue weighted by Gasteiger charge is -2.34. The number of hydrogen-bond acceptors (Lipinski definition) is 4. The van der Waals surface area contributed by atoms with Gasteiger partial charge in [0.05, 0.1) is 19.3 Å². The lowest BCUT2D eigenvalue weighted by Crippen LogP contribution is -2.43. The summed E-state index contributed by atoms with van der Waals surface area (Å²) in [4.78, 5) is 18.6. The van der Waals surface area contributed by atoms with Gasteiger partial charge < -0.3 is 10.1 Å². The number of ether oxygens (including phenoxy) is 1. The molecule has 1 aromatic heterocycles. The van der Waals surface area contributed by atoms with Gasteiger partial charge in [-0.3, -0.25) is 14.7 Å². The number of benzene rings is 1. The van der Waals surface area contributed by atoms with E-state index in [4.69, 9.17) is 4.74 Å². The zero-order valence-corrected chi connectivity index (χ0v) is 14.2. The fourth-order valence-corrected chi connectivity index (χ4v) is 2.92. The minimum atomic E-state index is -0.0990. The third kappa shape index (κ3) is 5.24. The maximum atomic E-state index is 12.2. The van der Waals surface area contributed by atoms with Gasteiger partial charge in [0.15, 0.2) is 0 Å². The van der Waals surface area contributed by atoms with Crippen LogP contribution in [0, 0.1) is 0 Å². The topological polar surface area (TPSA) is 54.5 Å². The Kier molecular flexibility index (Phi) is 6.31. The van der Waals surface area contributed by atoms with Crippen LogP contribution in [0.5, 0.6) is 0 Å². The molecule has 0 radical (unpaired) electrons. The van der Waals surface area contributed by atoms with E-state index < -0.39 is 0 Å². The molecule has 1 unspecified atom stereocenters. The van der Waals surface area contributed by atoms with Gasteiger partial charge in [0, 0.05) is 38.1 Å². The monoisotopic (exact) mass is 337 g/mol. The van der Waals surface area contributed by atoms with E-state index in [9.17, 15) is 4.79 Å². The average molecular weight is 337 g/mol. The molecule has 2 aromatic rings. The molecule has 5 nitrogen and oxygen atoms in total. The van der Waals surface area contributed by atoms with Crippen molar-refractivity contribution >= 4 is 12.0 Å². The molecule has 1 amide bonds. The maximum absolute atomic E-state index is 12.2. The van der Waals surface area contributed by atoms with Crippen LogP contribution in [0.2, 0.25) is 0 Å². The van der Waals surface area contributed by atoms with Crippen LogP contribution in [0.15, 0.2) is 60.9 Å². The summed E-state index contributed by atoms with van der Waals surface area (Å²) in [5.74, 6) is -0.0990. The molecule has 1 N–H and O–H groups in total. The highest BCUT2D eigenvalue weighted by molar-refractivity contribution is 5.91. The normalized spacial score (nSPS) is 16.6. The average Bonchev–Trinajstić information content (AvgIpc) is 2.69. The standard InChI is InChI=1S/C20H23N3O2/c24-20(9-8-17-5-4-10-21-15-17)22-16-19(18-6-2-1-3-7-18)23-11-13-25-14-12-23/h1-10,15,19H,11-14,16H2,(H,22,24)/b9-8+. The van der Waals surface area contributed by atoms with Crippen molar-refractivity contribution in [3.05, 3.63) is 72.1 Å². The number of pyridine rings is 1. The van der Waals surface area contributed by atoms with Crippen LogP contribution >= 0.6 is 0 Å². The largest absolute Gasteiger partial charge is 0.379 e. The Hall–Kier alpha value is -2.50. The number of nitrogens with one attached hydrogen (secondary N) is 1. The molecule has 1 aliphatic heterocycles. The molecule has 2 heterocycles. The van der Waals surface area contributed by atoms with Gasteiger partial charge in [0.1, 0.15) is 0 Å². The Bertz CT molecular complexity index is 683. The van der Waals surface area contributed by atoms with Gasteiger partial charge in [-0.1, -0.05) is 36.4 Å². The molecule has 25 heavy (non-hydrogen) atoms. The number of morpholine rings is 1. The molecular weight excluding hydrogens is 314 g/mol. The van der Waals surface area contributed by atoms with E-state index in [-0.39, 0.29) is 11.9 Å². The number of amides is 1. The Morgan fingerprint density at radius 3 is 2.72 bits per heavy atom. The number of rotatable bonds is 6. The first kappa shape index (κ1) is 17.3. The molecule has 0 aliphatic carbocycles. The summed E-state index contributed by atoms with van der Waals surface area (Å²) >= 11 is 0. The summed E-state index contributed by atoms with van der Waals surface area (Å²) in [6, 6.07) is 14.2. The highest BCUT2D eigenvalue weighted by Crippen LogP contribution is 2.21. The Balaban J connectivity index is 1.62. The van der Waals surface area contributed by atoms with Crippen molar-refractivity contribution < 1.29 is 9.53 Å². The van der Waals surface area contributed by atoms with Crippen LogP contribution in [0.25, 0.3) is 6.08 Å². The van der Waals surface area contributed by atoms with Crippen molar-refractivity contribution in [2.24, 2.45) is 0 Å². The minimum Gasteiger partial charge on any atom is -0.379 e. The van der Waals surface area contributed by atoms with E-state index in [2.05, 4.69) is 27.3 Å². The van der Waals surface area contributed by atoms with Crippen molar-refractivity contribution in [3.63, 3.8) is 0 Å². The second kappa shape index (κ2) is 9.11. The van der Waals surface area contributed by atoms with Crippen molar-refractivity contribution in [1.82, 2.24) is 15.2 Å². The smallest absolute Gasteiger partial charge is 0.244 e. The first-order valence-electron chi connectivity index (χ1n) is 8.55. The van der Waals surface area contributed by atoms with E-state index in [1.54, 1.807) is 24.5 Å². The molecule has 1 saturated heterocycles. The van der Waals surface area contributed by atoms with E-state index in [0.29, 0.717) is 6.54 Å². The van der Waals surface area contributed by atoms with Crippen molar-refractivity contribution in [1.29, 1.82) is 0 Å². The van der Waals surface area contributed by atoms with Crippen LogP contribution < -0.4 is 5.32 Å². The Labute approximate surface area is 148 Å². The lowest BCUT2D eigenvalue weighted by molar-refractivity contribution is -0.116. The van der Waals surface area contributed by atoms with Gasteiger partial charge in [-0.05, 0) is 23.3 Å². The molecule has 1 aromatic carbocycles. The molecule has 1 atom stereocenters. The molecule has 130 valence electrons. The minimum absolute atomic E-state index is 0.0990. The summed E-state index contributed by atoms with van der Waals surface area (Å²) in [6.45, 7) is 3.79. The number of aromatic nitrogens is 1. The van der Waals surface area contributed by atoms with Gasteiger partial charge in [-0.15, -0.1) is 0 Å². The first-order chi connectivity index (χ1) is 12.3. The first-order valence-corrected chi connectivity index (χ1v) is 8.55. The molecule has 1 fully saturated rings. The number of hydrogen-bond donors (Lipinski definition) is 1. The third-order valence-corrected chi connectivity index (χ3v) is 4.25. The Morgan fingerprint density at radius 2 is 2.00 bits per heavy atom. The van der Waals surface area contributed by atoms with Gasteiger partial charge >= 0.3 is 0 Å². The van der Waals surface area contributed by atoms with E-state index >= 15 is 0 Å². The molecule has 1 aliphatic rings. The van der Waals surface area contributed by atoms with Gasteiger partial charge in [-0.2, -0.15) is 0 Å². The van der Waals surface area contributed by atoms with Crippen LogP contribution in [0.3, 0.4) is 0 Å². The van der Waals surface area contributed by atoms with E-state index in [1.807, 2.05) is 30.3 Å². The molecular formula is C20H23N3O2. The third-order valence-electron chi connectivity index (χ3n) is 4.25. The fraction of sp³-hybridized carbons (Fsp3) is 0.300. The van der Waals surface area contributed by atoms with E-state index in [1.165, 1.54) is 5.56 Å². The van der Waals surface area contributed by atoms with Crippen molar-refractivity contribution in [3.8, 4) is 0 Å². The lowest BCUT2D eigenvalue weighted by atomic mass is 10.0. The fourth-order valence-electron chi connectivity index (χ4n) is 2.92. The molecule has 5 heteroatoms. The SMILES string of the molecule is O=C(/C=C/c1cccnc1)NCC(c1ccccc1)N1CCOCC1. The van der Waals surface area contributed by atoms with Gasteiger partial charge in [0.25, 0.3) is 0 Å². The molecule has 0 saturated carbocycles. The predicted molar refractivity (Wildman–Crippen MR) is 97.9 cm³/mol. The summed E-state index contributed by atoms with van der Waals surface area (Å²) in [7, 11) is 0. The molecule has 0 spiro atoms. The van der Waals surface area contributed by atoms with Crippen LogP contribution in [-0.4, -0.2) is 48.6 Å². The number of nitrogens with zero attached hydrogens (tertiary/aromatic N) is 2. The van der Waals surface area contributed by atoms with Crippen LogP contribution in [0.4, 0.5) is 0 Å². The molecule has 0 bridgehead atoms. The highest BCUT2D eigenvalue weighted by Gasteiger charge is 2.22. The zero-order chi connectivity index (χ0) is 17.3. The second-order valence-corrected chi connectivity index (χ2v) is 5.94. The van der Waals surface area contributed by atoms with Crippen molar-refractivity contribution in [2.75, 3.05) is 32.8 Å².